The molecule has 5 nitrogen and oxygen atoms in total. The van der Waals surface area contributed by atoms with Gasteiger partial charge in [0.2, 0.25) is 0 Å². The monoisotopic (exact) mass is 164 g/mol. The fourth-order valence-electron chi connectivity index (χ4n) is 0.918. The minimum absolute atomic E-state index is 0.0368. The molecule has 0 unspecified atom stereocenters. The van der Waals surface area contributed by atoms with Crippen LogP contribution >= 0.6 is 0 Å². The average molecular weight is 164 g/mol. The van der Waals surface area contributed by atoms with E-state index < -0.39 is 4.92 Å². The minimum atomic E-state index is -0.510. The third kappa shape index (κ3) is 1.29. The van der Waals surface area contributed by atoms with Crippen molar-refractivity contribution in [2.24, 2.45) is 5.11 Å². The first-order valence-corrected chi connectivity index (χ1v) is 3.26. The summed E-state index contributed by atoms with van der Waals surface area (Å²) in [5, 5.41) is 13.3. The van der Waals surface area contributed by atoms with Gasteiger partial charge < -0.3 is 0 Å². The van der Waals surface area contributed by atoms with Gasteiger partial charge in [0.25, 0.3) is 5.69 Å². The second kappa shape index (κ2) is 3.08. The fraction of sp³-hybridized carbons (Fsp3) is 0.143. The zero-order valence-corrected chi connectivity index (χ0v) is 6.39. The Kier molecular flexibility index (Phi) is 2.14. The van der Waals surface area contributed by atoms with E-state index in [0.29, 0.717) is 5.56 Å². The summed E-state index contributed by atoms with van der Waals surface area (Å²) in [7, 11) is 0. The van der Waals surface area contributed by atoms with E-state index in [4.69, 9.17) is 5.53 Å². The lowest BCUT2D eigenvalue weighted by Gasteiger charge is -1.97. The Hall–Kier alpha value is -1.78. The van der Waals surface area contributed by atoms with Gasteiger partial charge in [0, 0.05) is 6.07 Å². The maximum Gasteiger partial charge on any atom is 0.274 e. The van der Waals surface area contributed by atoms with Crippen molar-refractivity contribution in [3.8, 4) is 0 Å². The predicted octanol–water partition coefficient (Wildman–Crippen LogP) is 1.79. The molecule has 1 aromatic carbocycles. The highest BCUT2D eigenvalue weighted by molar-refractivity contribution is 5.55. The second-order valence-electron chi connectivity index (χ2n) is 2.28. The van der Waals surface area contributed by atoms with Gasteiger partial charge in [0.1, 0.15) is 0 Å². The van der Waals surface area contributed by atoms with Gasteiger partial charge in [0.15, 0.2) is 0 Å². The van der Waals surface area contributed by atoms with Crippen LogP contribution in [0.1, 0.15) is 5.56 Å². The maximum atomic E-state index is 10.4. The summed E-state index contributed by atoms with van der Waals surface area (Å²) >= 11 is 0. The molecule has 12 heavy (non-hydrogen) atoms. The third-order valence-corrected chi connectivity index (χ3v) is 1.58. The van der Waals surface area contributed by atoms with Crippen LogP contribution in [0.5, 0.6) is 0 Å². The van der Waals surface area contributed by atoms with Crippen molar-refractivity contribution < 1.29 is 4.92 Å². The first kappa shape index (κ1) is 8.32. The number of benzene rings is 1. The van der Waals surface area contributed by atoms with Crippen LogP contribution in [0.2, 0.25) is 0 Å². The number of rotatable bonds is 2. The van der Waals surface area contributed by atoms with E-state index in [1.54, 1.807) is 0 Å². The van der Waals surface area contributed by atoms with Crippen LogP contribution in [0.4, 0.5) is 11.4 Å². The summed E-state index contributed by atoms with van der Waals surface area (Å²) in [6.45, 7) is 1.53. The molecule has 0 spiro atoms. The van der Waals surface area contributed by atoms with Crippen molar-refractivity contribution in [1.29, 1.82) is 0 Å². The van der Waals surface area contributed by atoms with Gasteiger partial charge in [-0.05, 0) is 18.5 Å². The second-order valence-corrected chi connectivity index (χ2v) is 2.28. The largest absolute Gasteiger partial charge is 0.274 e. The Morgan fingerprint density at radius 1 is 1.58 bits per heavy atom. The van der Waals surface area contributed by atoms with Gasteiger partial charge in [-0.25, -0.2) is 0 Å². The van der Waals surface area contributed by atoms with E-state index in [1.165, 1.54) is 25.1 Å². The van der Waals surface area contributed by atoms with Crippen molar-refractivity contribution >= 4 is 11.4 Å². The van der Waals surface area contributed by atoms with Crippen LogP contribution in [0, 0.1) is 17.0 Å². The quantitative estimate of drug-likeness (QED) is 0.379. The van der Waals surface area contributed by atoms with Crippen molar-refractivity contribution in [3.63, 3.8) is 0 Å². The normalized spacial score (nSPS) is 9.42. The molecule has 0 saturated carbocycles. The van der Waals surface area contributed by atoms with E-state index in [9.17, 15) is 10.1 Å². The maximum absolute atomic E-state index is 10.4. The van der Waals surface area contributed by atoms with Crippen molar-refractivity contribution in [2.75, 3.05) is 0 Å². The Morgan fingerprint density at radius 2 is 2.25 bits per heavy atom. The first-order chi connectivity index (χ1) is 5.66. The highest BCUT2D eigenvalue weighted by Gasteiger charge is 2.12. The highest BCUT2D eigenvalue weighted by Crippen LogP contribution is 2.26. The summed E-state index contributed by atoms with van der Waals surface area (Å²) in [5.74, 6) is 0. The highest BCUT2D eigenvalue weighted by atomic mass is 16.6. The Labute approximate surface area is 68.7 Å². The van der Waals surface area contributed by atoms with Crippen LogP contribution in [-0.2, 0) is 0 Å². The van der Waals surface area contributed by atoms with Crippen LogP contribution in [0.15, 0.2) is 23.3 Å². The van der Waals surface area contributed by atoms with Gasteiger partial charge in [-0.15, -0.1) is 5.11 Å². The zero-order valence-electron chi connectivity index (χ0n) is 6.39. The molecular formula is C7H6N3O2. The van der Waals surface area contributed by atoms with Crippen LogP contribution in [-0.4, -0.2) is 4.92 Å². The lowest BCUT2D eigenvalue weighted by atomic mass is 10.2. The molecule has 0 heterocycles. The van der Waals surface area contributed by atoms with E-state index >= 15 is 0 Å². The Bertz CT molecular complexity index is 335. The lowest BCUT2D eigenvalue weighted by molar-refractivity contribution is -0.385. The van der Waals surface area contributed by atoms with Gasteiger partial charge in [-0.1, -0.05) is 6.07 Å². The first-order valence-electron chi connectivity index (χ1n) is 3.26. The van der Waals surface area contributed by atoms with Gasteiger partial charge in [0.05, 0.1) is 16.2 Å². The van der Waals surface area contributed by atoms with Crippen molar-refractivity contribution in [2.45, 2.75) is 6.92 Å². The zero-order chi connectivity index (χ0) is 9.14. The molecule has 0 saturated heterocycles. The molecule has 0 bridgehead atoms. The molecule has 5 heteroatoms. The smallest absolute Gasteiger partial charge is 0.258 e. The third-order valence-electron chi connectivity index (χ3n) is 1.58. The molecule has 1 aromatic rings. The molecule has 0 aromatic heterocycles. The summed E-state index contributed by atoms with van der Waals surface area (Å²) in [5.41, 5.74) is 8.98. The molecule has 0 aliphatic rings. The number of nitro groups is 1. The average Bonchev–Trinajstić information content (AvgIpc) is 2.04. The van der Waals surface area contributed by atoms with Crippen LogP contribution in [0.25, 0.3) is 0 Å². The molecule has 0 N–H and O–H groups in total. The van der Waals surface area contributed by atoms with Crippen LogP contribution < -0.4 is 5.53 Å². The molecule has 0 aliphatic heterocycles. The molecule has 0 fully saturated rings. The standard InChI is InChI=1S/C7H6N3O2/c1-5-6(9-8)3-2-4-7(5)10(11)12/h2-4H,1H3. The van der Waals surface area contributed by atoms with E-state index in [-0.39, 0.29) is 11.4 Å². The number of hydrogen-bond donors (Lipinski definition) is 0. The summed E-state index contributed by atoms with van der Waals surface area (Å²) in [6.07, 6.45) is 0. The topological polar surface area (TPSA) is 77.8 Å². The Balaban J connectivity index is 3.32. The molecule has 1 rings (SSSR count). The lowest BCUT2D eigenvalue weighted by Crippen LogP contribution is -1.90. The fourth-order valence-corrected chi connectivity index (χ4v) is 0.918. The van der Waals surface area contributed by atoms with E-state index in [0.717, 1.165) is 0 Å². The SMILES string of the molecule is Cc1c(N=[N])cccc1[N+](=O)[O-]. The summed E-state index contributed by atoms with van der Waals surface area (Å²) < 4.78 is 0. The van der Waals surface area contributed by atoms with Gasteiger partial charge in [-0.2, -0.15) is 0 Å². The number of nitrogens with zero attached hydrogens (tertiary/aromatic N) is 3. The van der Waals surface area contributed by atoms with E-state index in [2.05, 4.69) is 5.11 Å². The van der Waals surface area contributed by atoms with Gasteiger partial charge >= 0.3 is 0 Å². The number of nitro benzene ring substituents is 1. The van der Waals surface area contributed by atoms with E-state index in [1.807, 2.05) is 0 Å². The Morgan fingerprint density at radius 3 is 2.75 bits per heavy atom. The summed E-state index contributed by atoms with van der Waals surface area (Å²) in [6, 6.07) is 4.34. The molecule has 0 atom stereocenters. The molecule has 61 valence electrons. The molecule has 0 aliphatic carbocycles. The molecule has 1 radical (unpaired) electrons. The van der Waals surface area contributed by atoms with Crippen LogP contribution in [0.3, 0.4) is 0 Å². The molecule has 0 amide bonds. The summed E-state index contributed by atoms with van der Waals surface area (Å²) in [4.78, 5) is 9.86. The predicted molar refractivity (Wildman–Crippen MR) is 42.1 cm³/mol. The minimum Gasteiger partial charge on any atom is -0.258 e. The van der Waals surface area contributed by atoms with Gasteiger partial charge in [-0.3, -0.25) is 10.1 Å². The number of hydrogen-bond acceptors (Lipinski definition) is 3. The molecular weight excluding hydrogens is 158 g/mol. The van der Waals surface area contributed by atoms with Crippen molar-refractivity contribution in [3.05, 3.63) is 33.9 Å². The van der Waals surface area contributed by atoms with Crippen molar-refractivity contribution in [1.82, 2.24) is 5.53 Å².